The number of nitriles is 1. The molecule has 0 aliphatic carbocycles. The van der Waals surface area contributed by atoms with E-state index in [9.17, 15) is 9.18 Å². The number of nitrogens with one attached hydrogen (secondary N) is 1. The van der Waals surface area contributed by atoms with Crippen molar-refractivity contribution < 1.29 is 9.18 Å². The Morgan fingerprint density at radius 1 is 1.17 bits per heavy atom. The highest BCUT2D eigenvalue weighted by atomic mass is 32.2. The number of benzene rings is 2. The van der Waals surface area contributed by atoms with Crippen molar-refractivity contribution in [2.24, 2.45) is 4.99 Å². The first-order valence-corrected chi connectivity index (χ1v) is 7.51. The Bertz CT molecular complexity index is 866. The highest BCUT2D eigenvalue weighted by molar-refractivity contribution is 8.18. The van der Waals surface area contributed by atoms with Crippen molar-refractivity contribution in [2.45, 2.75) is 0 Å². The number of thioether (sulfide) groups is 1. The van der Waals surface area contributed by atoms with Gasteiger partial charge in [0, 0.05) is 0 Å². The van der Waals surface area contributed by atoms with Gasteiger partial charge in [-0.15, -0.1) is 0 Å². The maximum absolute atomic E-state index is 12.9. The number of para-hydroxylation sites is 1. The van der Waals surface area contributed by atoms with Gasteiger partial charge in [0.05, 0.1) is 16.2 Å². The lowest BCUT2D eigenvalue weighted by atomic mass is 10.2. The molecule has 112 valence electrons. The molecule has 1 saturated heterocycles. The minimum Gasteiger partial charge on any atom is -0.300 e. The monoisotopic (exact) mass is 323 g/mol. The second-order valence-electron chi connectivity index (χ2n) is 4.66. The summed E-state index contributed by atoms with van der Waals surface area (Å²) in [5.74, 6) is -0.599. The van der Waals surface area contributed by atoms with Crippen LogP contribution in [-0.2, 0) is 4.79 Å². The predicted octanol–water partition coefficient (Wildman–Crippen LogP) is 3.59. The Labute approximate surface area is 136 Å². The SMILES string of the molecule is N#Cc1ccccc1N=C1NC(=O)/C(=C/c2ccc(F)cc2)S1. The fourth-order valence-corrected chi connectivity index (χ4v) is 2.80. The normalized spacial score (nSPS) is 17.3. The molecule has 1 N–H and O–H groups in total. The number of hydrogen-bond acceptors (Lipinski definition) is 4. The van der Waals surface area contributed by atoms with Gasteiger partial charge < -0.3 is 5.32 Å². The summed E-state index contributed by atoms with van der Waals surface area (Å²) in [6.45, 7) is 0. The van der Waals surface area contributed by atoms with Gasteiger partial charge in [-0.25, -0.2) is 9.38 Å². The van der Waals surface area contributed by atoms with Gasteiger partial charge in [-0.05, 0) is 47.7 Å². The summed E-state index contributed by atoms with van der Waals surface area (Å²) in [5, 5.41) is 12.1. The zero-order valence-corrected chi connectivity index (χ0v) is 12.6. The topological polar surface area (TPSA) is 65.2 Å². The number of aliphatic imine (C=N–C) groups is 1. The second kappa shape index (κ2) is 6.46. The van der Waals surface area contributed by atoms with Crippen molar-refractivity contribution in [3.05, 3.63) is 70.4 Å². The minimum atomic E-state index is -0.328. The van der Waals surface area contributed by atoms with E-state index in [0.29, 0.717) is 21.3 Å². The van der Waals surface area contributed by atoms with Crippen LogP contribution < -0.4 is 5.32 Å². The lowest BCUT2D eigenvalue weighted by molar-refractivity contribution is -0.115. The molecule has 0 bridgehead atoms. The summed E-state index contributed by atoms with van der Waals surface area (Å²) in [7, 11) is 0. The van der Waals surface area contributed by atoms with Crippen LogP contribution in [0, 0.1) is 17.1 Å². The second-order valence-corrected chi connectivity index (χ2v) is 5.69. The van der Waals surface area contributed by atoms with Gasteiger partial charge in [-0.2, -0.15) is 5.26 Å². The van der Waals surface area contributed by atoms with Crippen molar-refractivity contribution in [1.29, 1.82) is 5.26 Å². The fourth-order valence-electron chi connectivity index (χ4n) is 1.97. The molecular weight excluding hydrogens is 313 g/mol. The van der Waals surface area contributed by atoms with Gasteiger partial charge in [-0.3, -0.25) is 4.79 Å². The third-order valence-electron chi connectivity index (χ3n) is 3.07. The first-order valence-electron chi connectivity index (χ1n) is 6.70. The highest BCUT2D eigenvalue weighted by Gasteiger charge is 2.24. The van der Waals surface area contributed by atoms with Crippen LogP contribution in [0.4, 0.5) is 10.1 Å². The van der Waals surface area contributed by atoms with E-state index in [0.717, 1.165) is 5.56 Å². The number of carbonyl (C=O) groups is 1. The molecule has 23 heavy (non-hydrogen) atoms. The molecule has 0 radical (unpaired) electrons. The van der Waals surface area contributed by atoms with Crippen LogP contribution in [0.3, 0.4) is 0 Å². The molecule has 1 aliphatic heterocycles. The van der Waals surface area contributed by atoms with Gasteiger partial charge in [-0.1, -0.05) is 24.3 Å². The lowest BCUT2D eigenvalue weighted by Gasteiger charge is -1.98. The molecule has 0 atom stereocenters. The Morgan fingerprint density at radius 2 is 1.91 bits per heavy atom. The molecule has 3 rings (SSSR count). The van der Waals surface area contributed by atoms with Crippen LogP contribution in [0.5, 0.6) is 0 Å². The summed E-state index contributed by atoms with van der Waals surface area (Å²) in [6.07, 6.45) is 1.66. The van der Waals surface area contributed by atoms with Gasteiger partial charge >= 0.3 is 0 Å². The average molecular weight is 323 g/mol. The van der Waals surface area contributed by atoms with Gasteiger partial charge in [0.25, 0.3) is 5.91 Å². The van der Waals surface area contributed by atoms with E-state index in [-0.39, 0.29) is 11.7 Å². The number of carbonyl (C=O) groups excluding carboxylic acids is 1. The molecule has 0 saturated carbocycles. The molecular formula is C17H10FN3OS. The van der Waals surface area contributed by atoms with E-state index < -0.39 is 0 Å². The quantitative estimate of drug-likeness (QED) is 0.859. The van der Waals surface area contributed by atoms with Gasteiger partial charge in [0.15, 0.2) is 5.17 Å². The van der Waals surface area contributed by atoms with Crippen molar-refractivity contribution in [3.8, 4) is 6.07 Å². The summed E-state index contributed by atoms with van der Waals surface area (Å²) < 4.78 is 12.9. The Kier molecular flexibility index (Phi) is 4.22. The highest BCUT2D eigenvalue weighted by Crippen LogP contribution is 2.29. The predicted molar refractivity (Wildman–Crippen MR) is 88.4 cm³/mol. The maximum atomic E-state index is 12.9. The zero-order valence-electron chi connectivity index (χ0n) is 11.8. The fraction of sp³-hybridized carbons (Fsp3) is 0. The number of hydrogen-bond donors (Lipinski definition) is 1. The summed E-state index contributed by atoms with van der Waals surface area (Å²) in [5.41, 5.74) is 1.66. The minimum absolute atomic E-state index is 0.271. The van der Waals surface area contributed by atoms with Crippen LogP contribution in [0.15, 0.2) is 58.4 Å². The van der Waals surface area contributed by atoms with Crippen molar-refractivity contribution >= 4 is 34.6 Å². The Morgan fingerprint density at radius 3 is 2.65 bits per heavy atom. The maximum Gasteiger partial charge on any atom is 0.264 e. The van der Waals surface area contributed by atoms with Crippen LogP contribution in [0.2, 0.25) is 0 Å². The molecule has 4 nitrogen and oxygen atoms in total. The van der Waals surface area contributed by atoms with Crippen LogP contribution in [0.1, 0.15) is 11.1 Å². The molecule has 1 fully saturated rings. The first-order chi connectivity index (χ1) is 11.2. The van der Waals surface area contributed by atoms with E-state index in [4.69, 9.17) is 5.26 Å². The van der Waals surface area contributed by atoms with Crippen LogP contribution >= 0.6 is 11.8 Å². The molecule has 1 amide bonds. The molecule has 6 heteroatoms. The molecule has 0 unspecified atom stereocenters. The number of amides is 1. The summed E-state index contributed by atoms with van der Waals surface area (Å²) in [4.78, 5) is 16.8. The lowest BCUT2D eigenvalue weighted by Crippen LogP contribution is -2.19. The number of nitrogens with zero attached hydrogens (tertiary/aromatic N) is 2. The van der Waals surface area contributed by atoms with E-state index in [1.54, 1.807) is 42.5 Å². The van der Waals surface area contributed by atoms with E-state index in [1.165, 1.54) is 23.9 Å². The Balaban J connectivity index is 1.86. The standard InChI is InChI=1S/C17H10FN3OS/c18-13-7-5-11(6-8-13)9-15-16(22)21-17(23-15)20-14-4-2-1-3-12(14)10-19/h1-9H,(H,20,21,22)/b15-9-. The van der Waals surface area contributed by atoms with E-state index in [1.807, 2.05) is 0 Å². The zero-order chi connectivity index (χ0) is 16.2. The van der Waals surface area contributed by atoms with Crippen LogP contribution in [-0.4, -0.2) is 11.1 Å². The summed E-state index contributed by atoms with van der Waals surface area (Å²) >= 11 is 1.18. The van der Waals surface area contributed by atoms with Crippen molar-refractivity contribution in [1.82, 2.24) is 5.32 Å². The van der Waals surface area contributed by atoms with Crippen LogP contribution in [0.25, 0.3) is 6.08 Å². The molecule has 1 heterocycles. The number of rotatable bonds is 2. The number of amidine groups is 1. The third-order valence-corrected chi connectivity index (χ3v) is 3.98. The summed E-state index contributed by atoms with van der Waals surface area (Å²) in [6, 6.07) is 14.8. The molecule has 0 aromatic heterocycles. The van der Waals surface area contributed by atoms with Gasteiger partial charge in [0.2, 0.25) is 0 Å². The smallest absolute Gasteiger partial charge is 0.264 e. The van der Waals surface area contributed by atoms with Crippen molar-refractivity contribution in [2.75, 3.05) is 0 Å². The Hall–Kier alpha value is -2.91. The molecule has 2 aromatic carbocycles. The van der Waals surface area contributed by atoms with Gasteiger partial charge in [0.1, 0.15) is 11.9 Å². The third kappa shape index (κ3) is 3.47. The largest absolute Gasteiger partial charge is 0.300 e. The van der Waals surface area contributed by atoms with E-state index in [2.05, 4.69) is 16.4 Å². The van der Waals surface area contributed by atoms with E-state index >= 15 is 0 Å². The number of halogens is 1. The average Bonchev–Trinajstić information content (AvgIpc) is 2.89. The molecule has 0 spiro atoms. The molecule has 1 aliphatic rings. The molecule has 2 aromatic rings. The first kappa shape index (κ1) is 15.0. The van der Waals surface area contributed by atoms with Crippen molar-refractivity contribution in [3.63, 3.8) is 0 Å².